The zero-order chi connectivity index (χ0) is 32.0. The summed E-state index contributed by atoms with van der Waals surface area (Å²) < 4.78 is 31.9. The van der Waals surface area contributed by atoms with E-state index in [0.29, 0.717) is 38.0 Å². The van der Waals surface area contributed by atoms with Crippen LogP contribution in [0.1, 0.15) is 30.9 Å². The van der Waals surface area contributed by atoms with Crippen LogP contribution in [0, 0.1) is 5.92 Å². The summed E-state index contributed by atoms with van der Waals surface area (Å²) in [6, 6.07) is 14.4. The lowest BCUT2D eigenvalue weighted by atomic mass is 9.83. The van der Waals surface area contributed by atoms with Crippen LogP contribution in [-0.2, 0) is 31.0 Å². The SMILES string of the molecule is CN(C)C(=O)CN([C@H]1CCCN(CC(=O)N2C[C@H]3C[C@@H](C2)c2cccc(=O)n2C3)C1=O)S(=O)(=O)c1ccc2cc(Br)ccc2c1. The highest BCUT2D eigenvalue weighted by Gasteiger charge is 2.43. The number of pyridine rings is 1. The maximum Gasteiger partial charge on any atom is 0.250 e. The molecule has 1 aromatic heterocycles. The molecule has 238 valence electrons. The number of likely N-dealkylation sites (N-methyl/N-ethyl adjacent to an activating group) is 1. The van der Waals surface area contributed by atoms with Crippen molar-refractivity contribution in [1.29, 1.82) is 0 Å². The summed E-state index contributed by atoms with van der Waals surface area (Å²) in [4.78, 5) is 57.3. The Labute approximate surface area is 270 Å². The largest absolute Gasteiger partial charge is 0.348 e. The molecule has 3 aromatic rings. The zero-order valence-electron chi connectivity index (χ0n) is 25.3. The van der Waals surface area contributed by atoms with E-state index < -0.39 is 34.4 Å². The Morgan fingerprint density at radius 2 is 1.73 bits per heavy atom. The normalized spacial score (nSPS) is 21.6. The lowest BCUT2D eigenvalue weighted by Gasteiger charge is -2.43. The molecule has 3 amide bonds. The molecule has 0 aliphatic carbocycles. The van der Waals surface area contributed by atoms with Crippen molar-refractivity contribution < 1.29 is 22.8 Å². The van der Waals surface area contributed by atoms with E-state index in [9.17, 15) is 27.6 Å². The Kier molecular flexibility index (Phi) is 8.61. The molecule has 3 aliphatic heterocycles. The summed E-state index contributed by atoms with van der Waals surface area (Å²) >= 11 is 3.43. The number of benzene rings is 2. The smallest absolute Gasteiger partial charge is 0.250 e. The predicted molar refractivity (Wildman–Crippen MR) is 172 cm³/mol. The summed E-state index contributed by atoms with van der Waals surface area (Å²) in [6.45, 7) is 1.16. The van der Waals surface area contributed by atoms with Crippen LogP contribution in [0.3, 0.4) is 0 Å². The van der Waals surface area contributed by atoms with Crippen molar-refractivity contribution in [3.05, 3.63) is 75.1 Å². The number of halogens is 1. The first-order valence-electron chi connectivity index (χ1n) is 15.1. The molecular weight excluding hydrogens is 662 g/mol. The summed E-state index contributed by atoms with van der Waals surface area (Å²) in [5.74, 6) is -0.955. The highest BCUT2D eigenvalue weighted by molar-refractivity contribution is 9.10. The van der Waals surface area contributed by atoms with Crippen LogP contribution in [-0.4, -0.2) is 103 Å². The van der Waals surface area contributed by atoms with Gasteiger partial charge >= 0.3 is 0 Å². The fourth-order valence-corrected chi connectivity index (χ4v) is 8.81. The number of hydrogen-bond donors (Lipinski definition) is 0. The molecule has 0 saturated carbocycles. The second kappa shape index (κ2) is 12.3. The zero-order valence-corrected chi connectivity index (χ0v) is 27.7. The van der Waals surface area contributed by atoms with Gasteiger partial charge in [-0.15, -0.1) is 0 Å². The molecule has 13 heteroatoms. The predicted octanol–water partition coefficient (Wildman–Crippen LogP) is 2.48. The average Bonchev–Trinajstić information content (AvgIpc) is 3.01. The van der Waals surface area contributed by atoms with E-state index in [2.05, 4.69) is 15.9 Å². The summed E-state index contributed by atoms with van der Waals surface area (Å²) in [5.41, 5.74) is 0.897. The van der Waals surface area contributed by atoms with E-state index in [1.165, 1.54) is 30.0 Å². The fraction of sp³-hybridized carbons (Fsp3) is 0.438. The van der Waals surface area contributed by atoms with Crippen LogP contribution in [0.4, 0.5) is 0 Å². The molecule has 0 spiro atoms. The molecule has 11 nitrogen and oxygen atoms in total. The number of fused-ring (bicyclic) bond motifs is 5. The molecule has 0 radical (unpaired) electrons. The van der Waals surface area contributed by atoms with Gasteiger partial charge in [0.15, 0.2) is 0 Å². The number of nitrogens with zero attached hydrogens (tertiary/aromatic N) is 5. The summed E-state index contributed by atoms with van der Waals surface area (Å²) in [6.07, 6.45) is 1.62. The van der Waals surface area contributed by atoms with E-state index in [0.717, 1.165) is 26.3 Å². The number of rotatable bonds is 7. The Morgan fingerprint density at radius 3 is 2.51 bits per heavy atom. The highest BCUT2D eigenvalue weighted by Crippen LogP contribution is 2.35. The lowest BCUT2D eigenvalue weighted by Crippen LogP contribution is -2.58. The van der Waals surface area contributed by atoms with Gasteiger partial charge in [-0.25, -0.2) is 8.42 Å². The Bertz CT molecular complexity index is 1840. The number of carbonyl (C=O) groups is 3. The van der Waals surface area contributed by atoms with Gasteiger partial charge in [-0.2, -0.15) is 4.31 Å². The number of piperidine rings is 2. The first-order valence-corrected chi connectivity index (χ1v) is 17.3. The van der Waals surface area contributed by atoms with E-state index in [-0.39, 0.29) is 41.2 Å². The molecule has 45 heavy (non-hydrogen) atoms. The molecule has 0 unspecified atom stereocenters. The average molecular weight is 699 g/mol. The molecule has 2 fully saturated rings. The molecule has 6 rings (SSSR count). The lowest BCUT2D eigenvalue weighted by molar-refractivity contribution is -0.146. The maximum atomic E-state index is 14.1. The van der Waals surface area contributed by atoms with Crippen LogP contribution in [0.15, 0.2) is 68.8 Å². The van der Waals surface area contributed by atoms with Crippen molar-refractivity contribution in [2.45, 2.75) is 42.7 Å². The number of sulfonamides is 1. The Balaban J connectivity index is 1.23. The second-order valence-corrected chi connectivity index (χ2v) is 15.2. The van der Waals surface area contributed by atoms with Crippen molar-refractivity contribution in [2.24, 2.45) is 5.92 Å². The third-order valence-corrected chi connectivity index (χ3v) is 11.5. The van der Waals surface area contributed by atoms with Crippen molar-refractivity contribution in [3.63, 3.8) is 0 Å². The van der Waals surface area contributed by atoms with Crippen molar-refractivity contribution >= 4 is 54.4 Å². The van der Waals surface area contributed by atoms with Crippen molar-refractivity contribution in [3.8, 4) is 0 Å². The van der Waals surface area contributed by atoms with Gasteiger partial charge in [0.1, 0.15) is 6.04 Å². The Morgan fingerprint density at radius 1 is 0.978 bits per heavy atom. The van der Waals surface area contributed by atoms with Gasteiger partial charge in [0, 0.05) is 62.4 Å². The van der Waals surface area contributed by atoms with Crippen LogP contribution >= 0.6 is 15.9 Å². The van der Waals surface area contributed by atoms with Gasteiger partial charge in [-0.3, -0.25) is 19.2 Å². The fourth-order valence-electron chi connectivity index (χ4n) is 6.84. The van der Waals surface area contributed by atoms with E-state index in [4.69, 9.17) is 0 Å². The number of amides is 3. The van der Waals surface area contributed by atoms with E-state index >= 15 is 0 Å². The molecule has 0 N–H and O–H groups in total. The van der Waals surface area contributed by atoms with Gasteiger partial charge in [0.25, 0.3) is 5.56 Å². The molecule has 2 aromatic carbocycles. The van der Waals surface area contributed by atoms with Gasteiger partial charge in [0.05, 0.1) is 18.0 Å². The number of carbonyl (C=O) groups excluding carboxylic acids is 3. The molecule has 3 aliphatic rings. The Hall–Kier alpha value is -3.55. The third kappa shape index (κ3) is 6.17. The minimum absolute atomic E-state index is 0.0101. The molecule has 2 saturated heterocycles. The van der Waals surface area contributed by atoms with E-state index in [1.54, 1.807) is 39.8 Å². The molecular formula is C32H36BrN5O6S. The molecule has 3 atom stereocenters. The van der Waals surface area contributed by atoms with Gasteiger partial charge in [0.2, 0.25) is 27.7 Å². The van der Waals surface area contributed by atoms with Crippen LogP contribution < -0.4 is 5.56 Å². The van der Waals surface area contributed by atoms with Gasteiger partial charge in [-0.1, -0.05) is 34.1 Å². The van der Waals surface area contributed by atoms with Crippen LogP contribution in [0.2, 0.25) is 0 Å². The van der Waals surface area contributed by atoms with Crippen LogP contribution in [0.5, 0.6) is 0 Å². The van der Waals surface area contributed by atoms with Gasteiger partial charge < -0.3 is 19.3 Å². The molecule has 4 heterocycles. The number of hydrogen-bond acceptors (Lipinski definition) is 6. The first-order chi connectivity index (χ1) is 21.4. The maximum absolute atomic E-state index is 14.1. The molecule has 2 bridgehead atoms. The second-order valence-electron chi connectivity index (χ2n) is 12.4. The number of aromatic nitrogens is 1. The quantitative estimate of drug-likeness (QED) is 0.374. The standard InChI is InChI=1S/C32H36BrN5O6S/c1-34(2)30(40)20-38(45(43,44)26-11-9-22-14-25(33)10-8-23(22)15-26)28-6-4-12-35(32(28)42)19-31(41)36-16-21-13-24(18-36)27-5-3-7-29(39)37(27)17-21/h3,5,7-11,14-15,21,24,28H,4,6,12-13,16-20H2,1-2H3/t21-,24+,28+/m1/s1. The first kappa shape index (κ1) is 31.4. The third-order valence-electron chi connectivity index (χ3n) is 9.18. The van der Waals surface area contributed by atoms with Crippen LogP contribution in [0.25, 0.3) is 10.8 Å². The van der Waals surface area contributed by atoms with E-state index in [1.807, 2.05) is 18.2 Å². The van der Waals surface area contributed by atoms with Gasteiger partial charge in [-0.05, 0) is 66.3 Å². The monoisotopic (exact) mass is 697 g/mol. The summed E-state index contributed by atoms with van der Waals surface area (Å²) in [5, 5.41) is 1.55. The highest BCUT2D eigenvalue weighted by atomic mass is 79.9. The minimum Gasteiger partial charge on any atom is -0.348 e. The number of likely N-dealkylation sites (tertiary alicyclic amines) is 2. The topological polar surface area (TPSA) is 120 Å². The van der Waals surface area contributed by atoms with Crippen molar-refractivity contribution in [2.75, 3.05) is 46.8 Å². The minimum atomic E-state index is -4.28. The summed E-state index contributed by atoms with van der Waals surface area (Å²) in [7, 11) is -1.20. The van der Waals surface area contributed by atoms with Crippen molar-refractivity contribution in [1.82, 2.24) is 23.6 Å².